The molecule has 1 aliphatic rings. The maximum absolute atomic E-state index is 12.3. The number of fused-ring (bicyclic) bond motifs is 1. The highest BCUT2D eigenvalue weighted by Gasteiger charge is 2.21. The molecule has 1 N–H and O–H groups in total. The third-order valence-corrected chi connectivity index (χ3v) is 3.88. The van der Waals surface area contributed by atoms with Crippen LogP contribution in [0.2, 0.25) is 0 Å². The Labute approximate surface area is 116 Å². The predicted octanol–water partition coefficient (Wildman–Crippen LogP) is 1.61. The molecule has 5 heteroatoms. The van der Waals surface area contributed by atoms with Gasteiger partial charge in [-0.25, -0.2) is 4.98 Å². The first-order valence-corrected chi connectivity index (χ1v) is 6.93. The van der Waals surface area contributed by atoms with Gasteiger partial charge in [-0.15, -0.1) is 0 Å². The minimum atomic E-state index is -0.262. The van der Waals surface area contributed by atoms with E-state index in [0.717, 1.165) is 25.7 Å². The van der Waals surface area contributed by atoms with Gasteiger partial charge >= 0.3 is 0 Å². The average molecular weight is 271 g/mol. The summed E-state index contributed by atoms with van der Waals surface area (Å²) < 4.78 is 1.33. The van der Waals surface area contributed by atoms with E-state index in [1.54, 1.807) is 25.2 Å². The molecule has 1 aromatic carbocycles. The Balaban J connectivity index is 2.00. The van der Waals surface area contributed by atoms with Crippen molar-refractivity contribution in [1.29, 1.82) is 0 Å². The van der Waals surface area contributed by atoms with Crippen LogP contribution in [-0.2, 0) is 7.05 Å². The number of carbonyl (C=O) groups excluding carboxylic acids is 1. The molecule has 3 rings (SSSR count). The van der Waals surface area contributed by atoms with Gasteiger partial charge in [-0.3, -0.25) is 14.2 Å². The quantitative estimate of drug-likeness (QED) is 0.902. The van der Waals surface area contributed by atoms with Gasteiger partial charge in [-0.2, -0.15) is 0 Å². The van der Waals surface area contributed by atoms with Crippen molar-refractivity contribution in [2.24, 2.45) is 7.05 Å². The topological polar surface area (TPSA) is 64.0 Å². The van der Waals surface area contributed by atoms with E-state index >= 15 is 0 Å². The smallest absolute Gasteiger partial charge is 0.287 e. The number of amides is 1. The molecular weight excluding hydrogens is 254 g/mol. The van der Waals surface area contributed by atoms with E-state index in [1.807, 2.05) is 6.07 Å². The maximum Gasteiger partial charge on any atom is 0.287 e. The van der Waals surface area contributed by atoms with Crippen LogP contribution in [0.3, 0.4) is 0 Å². The fraction of sp³-hybridized carbons (Fsp3) is 0.400. The largest absolute Gasteiger partial charge is 0.347 e. The molecular formula is C15H17N3O2. The highest BCUT2D eigenvalue weighted by atomic mass is 16.2. The van der Waals surface area contributed by atoms with Crippen molar-refractivity contribution < 1.29 is 4.79 Å². The van der Waals surface area contributed by atoms with Crippen molar-refractivity contribution in [3.8, 4) is 0 Å². The molecule has 1 heterocycles. The van der Waals surface area contributed by atoms with Crippen LogP contribution in [0.15, 0.2) is 29.1 Å². The first kappa shape index (κ1) is 12.8. The van der Waals surface area contributed by atoms with E-state index in [-0.39, 0.29) is 23.3 Å². The Morgan fingerprint density at radius 3 is 2.75 bits per heavy atom. The van der Waals surface area contributed by atoms with Crippen LogP contribution >= 0.6 is 0 Å². The van der Waals surface area contributed by atoms with Crippen LogP contribution in [0, 0.1) is 0 Å². The van der Waals surface area contributed by atoms with E-state index in [2.05, 4.69) is 10.3 Å². The molecule has 0 spiro atoms. The number of nitrogens with zero attached hydrogens (tertiary/aromatic N) is 2. The van der Waals surface area contributed by atoms with Crippen LogP contribution in [0.4, 0.5) is 0 Å². The van der Waals surface area contributed by atoms with Crippen molar-refractivity contribution in [1.82, 2.24) is 14.9 Å². The molecule has 0 unspecified atom stereocenters. The van der Waals surface area contributed by atoms with Crippen LogP contribution in [0.5, 0.6) is 0 Å². The standard InChI is InChI=1S/C15H17N3O2/c1-18-13(14(19)16-10-6-2-3-7-10)17-12-9-5-4-8-11(12)15(18)20/h4-5,8-10H,2-3,6-7H2,1H3,(H,16,19). The molecule has 0 atom stereocenters. The number of nitrogens with one attached hydrogen (secondary N) is 1. The Morgan fingerprint density at radius 1 is 1.30 bits per heavy atom. The summed E-state index contributed by atoms with van der Waals surface area (Å²) in [7, 11) is 1.59. The Morgan fingerprint density at radius 2 is 2.00 bits per heavy atom. The highest BCUT2D eigenvalue weighted by Crippen LogP contribution is 2.18. The van der Waals surface area contributed by atoms with Gasteiger partial charge in [0.2, 0.25) is 5.82 Å². The van der Waals surface area contributed by atoms with Gasteiger partial charge in [0.25, 0.3) is 11.5 Å². The van der Waals surface area contributed by atoms with Gasteiger partial charge < -0.3 is 5.32 Å². The molecule has 1 aliphatic carbocycles. The molecule has 0 aliphatic heterocycles. The molecule has 0 radical (unpaired) electrons. The number of carbonyl (C=O) groups is 1. The second kappa shape index (κ2) is 5.07. The first-order chi connectivity index (χ1) is 9.66. The average Bonchev–Trinajstić information content (AvgIpc) is 2.95. The van der Waals surface area contributed by atoms with Gasteiger partial charge in [-0.1, -0.05) is 25.0 Å². The molecule has 0 bridgehead atoms. The summed E-state index contributed by atoms with van der Waals surface area (Å²) in [4.78, 5) is 28.8. The second-order valence-corrected chi connectivity index (χ2v) is 5.27. The molecule has 20 heavy (non-hydrogen) atoms. The molecule has 1 fully saturated rings. The normalized spacial score (nSPS) is 15.7. The number of hydrogen-bond donors (Lipinski definition) is 1. The van der Waals surface area contributed by atoms with Crippen molar-refractivity contribution in [3.05, 3.63) is 40.4 Å². The molecule has 0 saturated heterocycles. The summed E-state index contributed by atoms with van der Waals surface area (Å²) in [5, 5.41) is 3.50. The minimum absolute atomic E-state index is 0.181. The molecule has 1 aromatic heterocycles. The summed E-state index contributed by atoms with van der Waals surface area (Å²) in [5.41, 5.74) is 0.374. The number of rotatable bonds is 2. The number of aromatic nitrogens is 2. The van der Waals surface area contributed by atoms with Gasteiger partial charge in [0.15, 0.2) is 0 Å². The molecule has 5 nitrogen and oxygen atoms in total. The fourth-order valence-corrected chi connectivity index (χ4v) is 2.74. The molecule has 104 valence electrons. The van der Waals surface area contributed by atoms with Crippen LogP contribution in [0.25, 0.3) is 10.9 Å². The maximum atomic E-state index is 12.3. The lowest BCUT2D eigenvalue weighted by Crippen LogP contribution is -2.37. The van der Waals surface area contributed by atoms with E-state index in [4.69, 9.17) is 0 Å². The third-order valence-electron chi connectivity index (χ3n) is 3.88. The third kappa shape index (κ3) is 2.19. The van der Waals surface area contributed by atoms with E-state index < -0.39 is 0 Å². The van der Waals surface area contributed by atoms with Gasteiger partial charge in [-0.05, 0) is 25.0 Å². The second-order valence-electron chi connectivity index (χ2n) is 5.27. The summed E-state index contributed by atoms with van der Waals surface area (Å²) >= 11 is 0. The number of para-hydroxylation sites is 1. The Kier molecular flexibility index (Phi) is 3.26. The Bertz CT molecular complexity index is 715. The number of benzene rings is 1. The summed E-state index contributed by atoms with van der Waals surface area (Å²) in [6.45, 7) is 0. The van der Waals surface area contributed by atoms with E-state index in [1.165, 1.54) is 4.57 Å². The summed E-state index contributed by atoms with van der Waals surface area (Å²) in [6, 6.07) is 7.30. The predicted molar refractivity (Wildman–Crippen MR) is 76.7 cm³/mol. The van der Waals surface area contributed by atoms with Gasteiger partial charge in [0, 0.05) is 13.1 Å². The SMILES string of the molecule is Cn1c(C(=O)NC2CCCC2)nc2ccccc2c1=O. The monoisotopic (exact) mass is 271 g/mol. The van der Waals surface area contributed by atoms with E-state index in [9.17, 15) is 9.59 Å². The zero-order chi connectivity index (χ0) is 14.1. The van der Waals surface area contributed by atoms with Gasteiger partial charge in [0.05, 0.1) is 10.9 Å². The summed E-state index contributed by atoms with van der Waals surface area (Å²) in [6.07, 6.45) is 4.31. The fourth-order valence-electron chi connectivity index (χ4n) is 2.74. The van der Waals surface area contributed by atoms with Crippen LogP contribution < -0.4 is 10.9 Å². The van der Waals surface area contributed by atoms with Crippen LogP contribution in [0.1, 0.15) is 36.3 Å². The van der Waals surface area contributed by atoms with Crippen LogP contribution in [-0.4, -0.2) is 21.5 Å². The van der Waals surface area contributed by atoms with Crippen molar-refractivity contribution >= 4 is 16.8 Å². The lowest BCUT2D eigenvalue weighted by molar-refractivity contribution is 0.0923. The lowest BCUT2D eigenvalue weighted by Gasteiger charge is -2.13. The zero-order valence-corrected chi connectivity index (χ0v) is 11.4. The number of hydrogen-bond acceptors (Lipinski definition) is 3. The molecule has 2 aromatic rings. The zero-order valence-electron chi connectivity index (χ0n) is 11.4. The van der Waals surface area contributed by atoms with E-state index in [0.29, 0.717) is 10.9 Å². The molecule has 1 amide bonds. The van der Waals surface area contributed by atoms with Crippen molar-refractivity contribution in [2.45, 2.75) is 31.7 Å². The summed E-state index contributed by atoms with van der Waals surface area (Å²) in [5.74, 6) is -0.0807. The van der Waals surface area contributed by atoms with Gasteiger partial charge in [0.1, 0.15) is 0 Å². The first-order valence-electron chi connectivity index (χ1n) is 6.93. The minimum Gasteiger partial charge on any atom is -0.347 e. The van der Waals surface area contributed by atoms with Crippen molar-refractivity contribution in [2.75, 3.05) is 0 Å². The Hall–Kier alpha value is -2.17. The molecule has 1 saturated carbocycles. The lowest BCUT2D eigenvalue weighted by atomic mass is 10.2. The highest BCUT2D eigenvalue weighted by molar-refractivity contribution is 5.93. The van der Waals surface area contributed by atoms with Crippen molar-refractivity contribution in [3.63, 3.8) is 0 Å².